The standard InChI is InChI=1S/C33H43F5O5Si/c1-5-8-9-12-24-13-16-27(29(21-24)33(36,37)38)28-22-25-14-15-26(23-30(25)43-31(28)39)40-19-10-17-32(34,35)18-11-20-44(4,41-6-2)42-7-3/h13-16,21-23H,5-12,17-20H2,1-4H3. The molecule has 3 rings (SSSR count). The van der Waals surface area contributed by atoms with Gasteiger partial charge in [0.1, 0.15) is 11.3 Å². The number of fused-ring (bicyclic) bond motifs is 1. The number of halogens is 5. The molecule has 5 nitrogen and oxygen atoms in total. The minimum atomic E-state index is -4.65. The second-order valence-corrected chi connectivity index (χ2v) is 14.5. The summed E-state index contributed by atoms with van der Waals surface area (Å²) in [6.45, 7) is 8.64. The number of hydrogen-bond donors (Lipinski definition) is 0. The highest BCUT2D eigenvalue weighted by molar-refractivity contribution is 6.66. The fourth-order valence-electron chi connectivity index (χ4n) is 5.28. The molecule has 0 aliphatic rings. The van der Waals surface area contributed by atoms with Gasteiger partial charge in [-0.25, -0.2) is 13.6 Å². The zero-order chi connectivity index (χ0) is 32.4. The Morgan fingerprint density at radius 1 is 0.818 bits per heavy atom. The molecule has 3 aromatic rings. The van der Waals surface area contributed by atoms with Crippen LogP contribution in [0.25, 0.3) is 22.1 Å². The molecule has 0 unspecified atom stereocenters. The lowest BCUT2D eigenvalue weighted by atomic mass is 9.95. The molecule has 0 N–H and O–H groups in total. The van der Waals surface area contributed by atoms with E-state index < -0.39 is 31.8 Å². The molecule has 44 heavy (non-hydrogen) atoms. The van der Waals surface area contributed by atoms with Crippen LogP contribution in [-0.4, -0.2) is 34.3 Å². The summed E-state index contributed by atoms with van der Waals surface area (Å²) in [7, 11) is -2.44. The predicted octanol–water partition coefficient (Wildman–Crippen LogP) is 9.93. The van der Waals surface area contributed by atoms with Crippen molar-refractivity contribution in [1.29, 1.82) is 0 Å². The summed E-state index contributed by atoms with van der Waals surface area (Å²) in [5.74, 6) is -2.55. The smallest absolute Gasteiger partial charge is 0.417 e. The molecule has 0 radical (unpaired) electrons. The molecule has 0 bridgehead atoms. The molecule has 0 aliphatic carbocycles. The van der Waals surface area contributed by atoms with Crippen molar-refractivity contribution < 1.29 is 40.0 Å². The number of benzene rings is 2. The summed E-state index contributed by atoms with van der Waals surface area (Å²) in [6.07, 6.45) is -1.68. The SMILES string of the molecule is CCCCCc1ccc(-c2cc3ccc(OCCCC(F)(F)CCC[Si](C)(OCC)OCC)cc3oc2=O)c(C(F)(F)F)c1. The van der Waals surface area contributed by atoms with Crippen LogP contribution < -0.4 is 10.4 Å². The monoisotopic (exact) mass is 642 g/mol. The molecule has 0 spiro atoms. The van der Waals surface area contributed by atoms with Crippen molar-refractivity contribution in [3.63, 3.8) is 0 Å². The second-order valence-electron chi connectivity index (χ2n) is 11.1. The zero-order valence-corrected chi connectivity index (χ0v) is 27.0. The van der Waals surface area contributed by atoms with Crippen LogP contribution in [0.3, 0.4) is 0 Å². The molecule has 0 amide bonds. The van der Waals surface area contributed by atoms with Gasteiger partial charge in [-0.3, -0.25) is 0 Å². The molecule has 0 atom stereocenters. The molecule has 1 aromatic heterocycles. The van der Waals surface area contributed by atoms with E-state index in [9.17, 15) is 26.7 Å². The summed E-state index contributed by atoms with van der Waals surface area (Å²) in [5.41, 5.74) is -1.53. The van der Waals surface area contributed by atoms with Crippen molar-refractivity contribution in [3.8, 4) is 16.9 Å². The van der Waals surface area contributed by atoms with E-state index in [1.807, 2.05) is 27.3 Å². The van der Waals surface area contributed by atoms with Gasteiger partial charge in [-0.05, 0) is 82.0 Å². The van der Waals surface area contributed by atoms with Crippen molar-refractivity contribution in [1.82, 2.24) is 0 Å². The Kier molecular flexibility index (Phi) is 13.0. The van der Waals surface area contributed by atoms with Crippen LogP contribution in [-0.2, 0) is 21.4 Å². The van der Waals surface area contributed by atoms with Crippen LogP contribution in [0.15, 0.2) is 51.7 Å². The van der Waals surface area contributed by atoms with Gasteiger partial charge >= 0.3 is 20.4 Å². The van der Waals surface area contributed by atoms with Crippen LogP contribution in [0.5, 0.6) is 5.75 Å². The van der Waals surface area contributed by atoms with E-state index in [0.717, 1.165) is 25.3 Å². The van der Waals surface area contributed by atoms with Gasteiger partial charge < -0.3 is 18.0 Å². The van der Waals surface area contributed by atoms with Crippen molar-refractivity contribution in [3.05, 3.63) is 64.0 Å². The Morgan fingerprint density at radius 3 is 2.18 bits per heavy atom. The maximum Gasteiger partial charge on any atom is 0.417 e. The maximum atomic E-state index is 14.5. The summed E-state index contributed by atoms with van der Waals surface area (Å²) in [6, 6.07) is 10.5. The fourth-order valence-corrected chi connectivity index (χ4v) is 7.69. The van der Waals surface area contributed by atoms with E-state index in [4.69, 9.17) is 18.0 Å². The Balaban J connectivity index is 1.64. The van der Waals surface area contributed by atoms with E-state index in [1.54, 1.807) is 18.2 Å². The number of alkyl halides is 5. The third-order valence-electron chi connectivity index (χ3n) is 7.48. The number of hydrogen-bond acceptors (Lipinski definition) is 5. The average Bonchev–Trinajstić information content (AvgIpc) is 2.95. The number of unbranched alkanes of at least 4 members (excludes halogenated alkanes) is 2. The minimum absolute atomic E-state index is 0.0211. The van der Waals surface area contributed by atoms with Gasteiger partial charge in [-0.1, -0.05) is 31.9 Å². The quantitative estimate of drug-likeness (QED) is 0.0598. The summed E-state index contributed by atoms with van der Waals surface area (Å²) in [5, 5.41) is 0.410. The van der Waals surface area contributed by atoms with E-state index in [-0.39, 0.29) is 42.6 Å². The summed E-state index contributed by atoms with van der Waals surface area (Å²) in [4.78, 5) is 12.8. The molecule has 0 saturated heterocycles. The molecule has 0 fully saturated rings. The first kappa shape index (κ1) is 35.7. The number of rotatable bonds is 18. The van der Waals surface area contributed by atoms with E-state index >= 15 is 0 Å². The van der Waals surface area contributed by atoms with Gasteiger partial charge in [-0.15, -0.1) is 0 Å². The second kappa shape index (κ2) is 16.0. The van der Waals surface area contributed by atoms with Crippen LogP contribution >= 0.6 is 0 Å². The molecule has 0 saturated carbocycles. The first-order valence-corrected chi connectivity index (χ1v) is 17.9. The summed E-state index contributed by atoms with van der Waals surface area (Å²) >= 11 is 0. The van der Waals surface area contributed by atoms with Crippen molar-refractivity contribution in [2.24, 2.45) is 0 Å². The van der Waals surface area contributed by atoms with E-state index in [0.29, 0.717) is 48.8 Å². The molecule has 1 heterocycles. The van der Waals surface area contributed by atoms with Crippen LogP contribution in [0.1, 0.15) is 76.8 Å². The molecular weight excluding hydrogens is 599 g/mol. The third-order valence-corrected chi connectivity index (χ3v) is 10.5. The first-order valence-electron chi connectivity index (χ1n) is 15.4. The van der Waals surface area contributed by atoms with Gasteiger partial charge in [0.25, 0.3) is 0 Å². The van der Waals surface area contributed by atoms with Crippen molar-refractivity contribution >= 4 is 19.5 Å². The van der Waals surface area contributed by atoms with Crippen LogP contribution in [0.2, 0.25) is 12.6 Å². The molecule has 244 valence electrons. The summed E-state index contributed by atoms with van der Waals surface area (Å²) < 4.78 is 93.4. The van der Waals surface area contributed by atoms with Crippen molar-refractivity contribution in [2.45, 2.75) is 96.8 Å². The Hall–Kier alpha value is -2.76. The lowest BCUT2D eigenvalue weighted by Crippen LogP contribution is -2.39. The molecule has 0 aliphatic heterocycles. The Morgan fingerprint density at radius 2 is 1.52 bits per heavy atom. The maximum absolute atomic E-state index is 14.5. The zero-order valence-electron chi connectivity index (χ0n) is 26.0. The normalized spacial score (nSPS) is 12.7. The largest absolute Gasteiger partial charge is 0.493 e. The first-order chi connectivity index (χ1) is 20.8. The van der Waals surface area contributed by atoms with Crippen molar-refractivity contribution in [2.75, 3.05) is 19.8 Å². The van der Waals surface area contributed by atoms with E-state index in [2.05, 4.69) is 0 Å². The highest BCUT2D eigenvalue weighted by Crippen LogP contribution is 2.38. The van der Waals surface area contributed by atoms with Gasteiger partial charge in [-0.2, -0.15) is 13.2 Å². The fraction of sp³-hybridized carbons (Fsp3) is 0.545. The topological polar surface area (TPSA) is 57.9 Å². The minimum Gasteiger partial charge on any atom is -0.493 e. The van der Waals surface area contributed by atoms with Gasteiger partial charge in [0.2, 0.25) is 5.92 Å². The number of aryl methyl sites for hydroxylation is 1. The average molecular weight is 643 g/mol. The van der Waals surface area contributed by atoms with Crippen LogP contribution in [0.4, 0.5) is 22.0 Å². The van der Waals surface area contributed by atoms with Gasteiger partial charge in [0, 0.05) is 43.1 Å². The molecule has 2 aromatic carbocycles. The van der Waals surface area contributed by atoms with Gasteiger partial charge in [0.05, 0.1) is 17.7 Å². The predicted molar refractivity (Wildman–Crippen MR) is 165 cm³/mol. The lowest BCUT2D eigenvalue weighted by Gasteiger charge is -2.26. The van der Waals surface area contributed by atoms with Gasteiger partial charge in [0.15, 0.2) is 0 Å². The highest BCUT2D eigenvalue weighted by atomic mass is 28.4. The third kappa shape index (κ3) is 10.4. The molecule has 11 heteroatoms. The number of ether oxygens (including phenoxy) is 1. The van der Waals surface area contributed by atoms with E-state index in [1.165, 1.54) is 18.2 Å². The highest BCUT2D eigenvalue weighted by Gasteiger charge is 2.35. The van der Waals surface area contributed by atoms with Crippen LogP contribution in [0, 0.1) is 0 Å². The lowest BCUT2D eigenvalue weighted by molar-refractivity contribution is -0.137. The Labute approximate surface area is 257 Å². The Bertz CT molecular complexity index is 1400. The molecular formula is C33H43F5O5Si.